The van der Waals surface area contributed by atoms with Crippen LogP contribution in [0, 0.1) is 5.92 Å². The fourth-order valence-corrected chi connectivity index (χ4v) is 4.25. The quantitative estimate of drug-likeness (QED) is 0.815. The van der Waals surface area contributed by atoms with E-state index in [1.165, 1.54) is 18.7 Å². The van der Waals surface area contributed by atoms with Crippen molar-refractivity contribution in [3.8, 4) is 0 Å². The highest BCUT2D eigenvalue weighted by Crippen LogP contribution is 2.39. The molecule has 1 aliphatic heterocycles. The van der Waals surface area contributed by atoms with Gasteiger partial charge in [0.1, 0.15) is 18.3 Å². The van der Waals surface area contributed by atoms with Crippen LogP contribution in [0.4, 0.5) is 4.79 Å². The Morgan fingerprint density at radius 2 is 2.17 bits per heavy atom. The number of carbonyl (C=O) groups is 3. The lowest BCUT2D eigenvalue weighted by molar-refractivity contribution is -0.794. The molecule has 1 N–H and O–H groups in total. The van der Waals surface area contributed by atoms with E-state index in [1.807, 2.05) is 13.0 Å². The van der Waals surface area contributed by atoms with E-state index in [9.17, 15) is 19.5 Å². The van der Waals surface area contributed by atoms with E-state index in [0.717, 1.165) is 5.76 Å². The van der Waals surface area contributed by atoms with Gasteiger partial charge in [-0.3, -0.25) is 4.79 Å². The fourth-order valence-electron chi connectivity index (χ4n) is 3.49. The number of furan rings is 1. The molecule has 2 heterocycles. The van der Waals surface area contributed by atoms with Crippen LogP contribution in [-0.4, -0.2) is 45.0 Å². The van der Waals surface area contributed by atoms with Crippen LogP contribution in [0.5, 0.6) is 0 Å². The summed E-state index contributed by atoms with van der Waals surface area (Å²) < 4.78 is 4.86. The summed E-state index contributed by atoms with van der Waals surface area (Å²) in [4.78, 5) is 36.0. The Bertz CT molecular complexity index is 615. The minimum absolute atomic E-state index is 0.00389. The zero-order chi connectivity index (χ0) is 17.9. The Morgan fingerprint density at radius 1 is 1.46 bits per heavy atom. The van der Waals surface area contributed by atoms with Crippen LogP contribution in [0.3, 0.4) is 0 Å². The maximum absolute atomic E-state index is 13.0. The number of hydrogen-bond donors (Lipinski definition) is 1. The number of thioether (sulfide) groups is 1. The third kappa shape index (κ3) is 3.57. The Balaban J connectivity index is 2.16. The minimum Gasteiger partial charge on any atom is -0.469 e. The lowest BCUT2D eigenvalue weighted by Crippen LogP contribution is -2.60. The van der Waals surface area contributed by atoms with Gasteiger partial charge in [-0.05, 0) is 32.4 Å². The molecule has 0 saturated carbocycles. The first-order chi connectivity index (χ1) is 11.3. The number of quaternary nitrogens is 1. The first-order valence-electron chi connectivity index (χ1n) is 8.11. The molecule has 4 atom stereocenters. The van der Waals surface area contributed by atoms with Crippen LogP contribution in [-0.2, 0) is 9.59 Å². The topological polar surface area (TPSA) is 84.6 Å². The van der Waals surface area contributed by atoms with E-state index in [-0.39, 0.29) is 29.5 Å². The zero-order valence-electron chi connectivity index (χ0n) is 14.2. The van der Waals surface area contributed by atoms with E-state index in [2.05, 4.69) is 0 Å². The maximum atomic E-state index is 13.0. The summed E-state index contributed by atoms with van der Waals surface area (Å²) in [6, 6.07) is 3.29. The van der Waals surface area contributed by atoms with Gasteiger partial charge in [0.15, 0.2) is 5.12 Å². The van der Waals surface area contributed by atoms with Crippen molar-refractivity contribution in [3.63, 3.8) is 0 Å². The molecule has 0 spiro atoms. The summed E-state index contributed by atoms with van der Waals surface area (Å²) in [7, 11) is 0. The highest BCUT2D eigenvalue weighted by molar-refractivity contribution is 8.13. The number of carbonyl (C=O) groups excluding carboxylic acids is 2. The maximum Gasteiger partial charge on any atom is 0.521 e. The minimum atomic E-state index is -1.10. The Hall–Kier alpha value is -1.60. The number of carboxylic acid groups (broad SMARTS) is 1. The van der Waals surface area contributed by atoms with Gasteiger partial charge in [-0.1, -0.05) is 11.8 Å². The third-order valence-electron chi connectivity index (χ3n) is 4.84. The molecule has 6 nitrogen and oxygen atoms in total. The smallest absolute Gasteiger partial charge is 0.469 e. The van der Waals surface area contributed by atoms with Gasteiger partial charge < -0.3 is 9.52 Å². The molecular weight excluding hydrogens is 330 g/mol. The van der Waals surface area contributed by atoms with Crippen LogP contribution in [0.1, 0.15) is 45.3 Å². The van der Waals surface area contributed by atoms with Crippen molar-refractivity contribution in [2.45, 2.75) is 45.6 Å². The van der Waals surface area contributed by atoms with Crippen LogP contribution in [0.15, 0.2) is 22.8 Å². The van der Waals surface area contributed by atoms with Crippen molar-refractivity contribution in [1.29, 1.82) is 0 Å². The molecule has 1 aliphatic rings. The van der Waals surface area contributed by atoms with E-state index in [1.54, 1.807) is 19.3 Å². The second-order valence-electron chi connectivity index (χ2n) is 6.50. The van der Waals surface area contributed by atoms with Gasteiger partial charge in [0.25, 0.3) is 0 Å². The lowest BCUT2D eigenvalue weighted by Gasteiger charge is -2.31. The predicted octanol–water partition coefficient (Wildman–Crippen LogP) is 3.48. The fraction of sp³-hybridized carbons (Fsp3) is 0.588. The third-order valence-corrected chi connectivity index (χ3v) is 5.69. The van der Waals surface area contributed by atoms with E-state index >= 15 is 0 Å². The van der Waals surface area contributed by atoms with E-state index < -0.39 is 16.5 Å². The summed E-state index contributed by atoms with van der Waals surface area (Å²) in [6.45, 7) is 5.26. The monoisotopic (exact) mass is 354 g/mol. The van der Waals surface area contributed by atoms with Gasteiger partial charge in [-0.25, -0.2) is 4.79 Å². The average Bonchev–Trinajstić information content (AvgIpc) is 3.13. The summed E-state index contributed by atoms with van der Waals surface area (Å²) in [5.74, 6) is 0.487. The molecule has 0 aliphatic carbocycles. The first-order valence-corrected chi connectivity index (χ1v) is 9.10. The zero-order valence-corrected chi connectivity index (χ0v) is 15.0. The molecule has 2 amide bonds. The van der Waals surface area contributed by atoms with E-state index in [0.29, 0.717) is 18.6 Å². The van der Waals surface area contributed by atoms with Crippen molar-refractivity contribution in [2.75, 3.05) is 12.3 Å². The second kappa shape index (κ2) is 7.53. The van der Waals surface area contributed by atoms with Gasteiger partial charge in [0, 0.05) is 19.1 Å². The first kappa shape index (κ1) is 18.7. The van der Waals surface area contributed by atoms with Crippen molar-refractivity contribution in [2.24, 2.45) is 5.92 Å². The van der Waals surface area contributed by atoms with E-state index in [4.69, 9.17) is 4.42 Å². The van der Waals surface area contributed by atoms with Crippen molar-refractivity contribution >= 4 is 28.9 Å². The molecule has 1 aromatic heterocycles. The van der Waals surface area contributed by atoms with Crippen molar-refractivity contribution < 1.29 is 28.4 Å². The van der Waals surface area contributed by atoms with Crippen molar-refractivity contribution in [1.82, 2.24) is 0 Å². The number of nitrogens with zero attached hydrogens (tertiary/aromatic N) is 1. The van der Waals surface area contributed by atoms with Gasteiger partial charge in [-0.15, -0.1) is 0 Å². The molecule has 1 aromatic rings. The van der Waals surface area contributed by atoms with Crippen molar-refractivity contribution in [3.05, 3.63) is 24.2 Å². The molecule has 1 saturated heterocycles. The van der Waals surface area contributed by atoms with Gasteiger partial charge in [0.05, 0.1) is 18.1 Å². The van der Waals surface area contributed by atoms with Gasteiger partial charge in [-0.2, -0.15) is 9.28 Å². The lowest BCUT2D eigenvalue weighted by atomic mass is 10.0. The summed E-state index contributed by atoms with van der Waals surface area (Å²) in [5.41, 5.74) is 0. The summed E-state index contributed by atoms with van der Waals surface area (Å²) in [5, 5.41) is 9.85. The molecular formula is C17H24NO5S+. The molecule has 7 heteroatoms. The molecule has 132 valence electrons. The van der Waals surface area contributed by atoms with Gasteiger partial charge >= 0.3 is 12.0 Å². The van der Waals surface area contributed by atoms with Crippen LogP contribution in [0.2, 0.25) is 0 Å². The SMILES string of the molecule is CC(=O)SCCC(C)C(=O)[N@+]1(C(=O)O)C[C@@H](c2ccco2)CC1C. The van der Waals surface area contributed by atoms with Gasteiger partial charge in [0.2, 0.25) is 0 Å². The Morgan fingerprint density at radius 3 is 2.71 bits per heavy atom. The highest BCUT2D eigenvalue weighted by Gasteiger charge is 2.58. The number of imide groups is 1. The molecule has 2 unspecified atom stereocenters. The molecule has 1 fully saturated rings. The Labute approximate surface area is 145 Å². The second-order valence-corrected chi connectivity index (χ2v) is 7.77. The molecule has 0 radical (unpaired) electrons. The number of amides is 2. The predicted molar refractivity (Wildman–Crippen MR) is 90.6 cm³/mol. The van der Waals surface area contributed by atoms with Crippen LogP contribution in [0.25, 0.3) is 0 Å². The molecule has 2 rings (SSSR count). The molecule has 0 aromatic carbocycles. The normalized spacial score (nSPS) is 27.8. The summed E-state index contributed by atoms with van der Waals surface area (Å²) >= 11 is 1.17. The van der Waals surface area contributed by atoms with Crippen LogP contribution >= 0.6 is 11.8 Å². The standard InChI is InChI=1S/C17H23NO5S/c1-11(6-8-24-13(3)19)16(20)18(17(21)22)10-14(9-12(18)2)15-5-4-7-23-15/h4-5,7,11-12,14H,6,8-10H2,1-3H3/p+1/t11?,12?,14-,18-/m0/s1. The number of rotatable bonds is 5. The average molecular weight is 354 g/mol. The number of hydrogen-bond acceptors (Lipinski definition) is 5. The molecule has 24 heavy (non-hydrogen) atoms. The van der Waals surface area contributed by atoms with Crippen LogP contribution < -0.4 is 0 Å². The Kier molecular flexibility index (Phi) is 5.87. The number of likely N-dealkylation sites (tertiary alicyclic amines) is 1. The summed E-state index contributed by atoms with van der Waals surface area (Å²) in [6.07, 6.45) is 1.55. The highest BCUT2D eigenvalue weighted by atomic mass is 32.2. The largest absolute Gasteiger partial charge is 0.521 e. The molecule has 0 bridgehead atoms.